The quantitative estimate of drug-likeness (QED) is 0.644. The summed E-state index contributed by atoms with van der Waals surface area (Å²) in [7, 11) is 1.90. The van der Waals surface area contributed by atoms with E-state index in [4.69, 9.17) is 0 Å². The number of pyridine rings is 2. The van der Waals surface area contributed by atoms with Crippen LogP contribution in [-0.4, -0.2) is 27.8 Å². The summed E-state index contributed by atoms with van der Waals surface area (Å²) in [4.78, 5) is 23.9. The normalized spacial score (nSPS) is 14.3. The first-order valence-corrected chi connectivity index (χ1v) is 10.1. The summed E-state index contributed by atoms with van der Waals surface area (Å²) in [5, 5.41) is 3.44. The summed E-state index contributed by atoms with van der Waals surface area (Å²) < 4.78 is 0. The van der Waals surface area contributed by atoms with Crippen LogP contribution < -0.4 is 5.32 Å². The highest BCUT2D eigenvalue weighted by Crippen LogP contribution is 2.44. The van der Waals surface area contributed by atoms with Gasteiger partial charge in [0.15, 0.2) is 0 Å². The molecular formula is C24H26N4O. The number of benzene rings is 1. The average Bonchev–Trinajstić information content (AvgIpc) is 3.59. The molecule has 1 aliphatic rings. The van der Waals surface area contributed by atoms with Crippen molar-refractivity contribution >= 4 is 11.6 Å². The molecule has 0 aliphatic heterocycles. The predicted octanol–water partition coefficient (Wildman–Crippen LogP) is 4.62. The molecule has 29 heavy (non-hydrogen) atoms. The van der Waals surface area contributed by atoms with Gasteiger partial charge in [-0.05, 0) is 67.1 Å². The van der Waals surface area contributed by atoms with Crippen molar-refractivity contribution in [2.45, 2.75) is 32.4 Å². The fourth-order valence-electron chi connectivity index (χ4n) is 3.79. The Labute approximate surface area is 171 Å². The van der Waals surface area contributed by atoms with Crippen molar-refractivity contribution in [2.75, 3.05) is 12.4 Å². The molecule has 1 unspecified atom stereocenters. The minimum absolute atomic E-state index is 0.0232. The molecule has 1 fully saturated rings. The number of rotatable bonds is 7. The maximum atomic E-state index is 13.4. The molecule has 2 aromatic heterocycles. The van der Waals surface area contributed by atoms with Gasteiger partial charge in [-0.3, -0.25) is 14.8 Å². The molecule has 0 bridgehead atoms. The molecule has 3 aromatic rings. The van der Waals surface area contributed by atoms with Crippen LogP contribution in [0.2, 0.25) is 0 Å². The Hall–Kier alpha value is -3.21. The zero-order valence-corrected chi connectivity index (χ0v) is 16.9. The van der Waals surface area contributed by atoms with E-state index in [-0.39, 0.29) is 11.9 Å². The fourth-order valence-corrected chi connectivity index (χ4v) is 3.79. The minimum atomic E-state index is 0.0232. The van der Waals surface area contributed by atoms with Crippen LogP contribution >= 0.6 is 0 Å². The lowest BCUT2D eigenvalue weighted by Gasteiger charge is -2.29. The Morgan fingerprint density at radius 2 is 2.00 bits per heavy atom. The molecular weight excluding hydrogens is 360 g/mol. The zero-order chi connectivity index (χ0) is 20.2. The van der Waals surface area contributed by atoms with Gasteiger partial charge in [-0.25, -0.2) is 0 Å². The van der Waals surface area contributed by atoms with Gasteiger partial charge in [0.05, 0.1) is 11.7 Å². The van der Waals surface area contributed by atoms with Crippen LogP contribution in [0.25, 0.3) is 0 Å². The van der Waals surface area contributed by atoms with Gasteiger partial charge in [0.25, 0.3) is 5.91 Å². The first-order chi connectivity index (χ1) is 14.1. The van der Waals surface area contributed by atoms with E-state index in [1.807, 2.05) is 73.6 Å². The molecule has 0 saturated heterocycles. The fraction of sp³-hybridized carbons (Fsp3) is 0.292. The summed E-state index contributed by atoms with van der Waals surface area (Å²) in [6.45, 7) is 2.67. The Morgan fingerprint density at radius 1 is 1.14 bits per heavy atom. The van der Waals surface area contributed by atoms with Crippen molar-refractivity contribution in [3.63, 3.8) is 0 Å². The van der Waals surface area contributed by atoms with E-state index in [1.165, 1.54) is 0 Å². The first kappa shape index (κ1) is 19.1. The van der Waals surface area contributed by atoms with Crippen LogP contribution in [0.1, 0.15) is 46.1 Å². The third kappa shape index (κ3) is 4.29. The monoisotopic (exact) mass is 386 g/mol. The molecule has 1 atom stereocenters. The van der Waals surface area contributed by atoms with Crippen LogP contribution in [0.15, 0.2) is 67.1 Å². The van der Waals surface area contributed by atoms with Crippen LogP contribution in [0.3, 0.4) is 0 Å². The van der Waals surface area contributed by atoms with Crippen molar-refractivity contribution in [3.05, 3.63) is 89.5 Å². The Kier molecular flexibility index (Phi) is 5.56. The lowest BCUT2D eigenvalue weighted by atomic mass is 10.0. The highest BCUT2D eigenvalue weighted by molar-refractivity contribution is 5.97. The highest BCUT2D eigenvalue weighted by atomic mass is 16.2. The highest BCUT2D eigenvalue weighted by Gasteiger charge is 2.38. The summed E-state index contributed by atoms with van der Waals surface area (Å²) in [5.74, 6) is 0.529. The van der Waals surface area contributed by atoms with E-state index >= 15 is 0 Å². The molecule has 1 saturated carbocycles. The second-order valence-electron chi connectivity index (χ2n) is 7.65. The van der Waals surface area contributed by atoms with E-state index in [0.717, 1.165) is 40.9 Å². The van der Waals surface area contributed by atoms with Crippen LogP contribution in [0, 0.1) is 12.8 Å². The third-order valence-electron chi connectivity index (χ3n) is 5.57. The number of amides is 1. The van der Waals surface area contributed by atoms with E-state index in [2.05, 4.69) is 15.3 Å². The Morgan fingerprint density at radius 3 is 2.69 bits per heavy atom. The van der Waals surface area contributed by atoms with Gasteiger partial charge in [-0.2, -0.15) is 0 Å². The smallest absolute Gasteiger partial charge is 0.254 e. The maximum absolute atomic E-state index is 13.4. The second-order valence-corrected chi connectivity index (χ2v) is 7.65. The van der Waals surface area contributed by atoms with E-state index in [1.54, 1.807) is 12.4 Å². The van der Waals surface area contributed by atoms with Gasteiger partial charge >= 0.3 is 0 Å². The lowest BCUT2D eigenvalue weighted by Crippen LogP contribution is -2.33. The molecule has 1 aliphatic carbocycles. The number of aromatic nitrogens is 2. The number of carbonyl (C=O) groups excluding carboxylic acids is 1. The minimum Gasteiger partial charge on any atom is -0.381 e. The van der Waals surface area contributed by atoms with Crippen molar-refractivity contribution in [1.82, 2.24) is 14.9 Å². The van der Waals surface area contributed by atoms with Gasteiger partial charge < -0.3 is 10.2 Å². The molecule has 0 spiro atoms. The van der Waals surface area contributed by atoms with E-state index < -0.39 is 0 Å². The van der Waals surface area contributed by atoms with Gasteiger partial charge in [0.1, 0.15) is 0 Å². The number of hydrogen-bond acceptors (Lipinski definition) is 4. The van der Waals surface area contributed by atoms with Gasteiger partial charge in [-0.1, -0.05) is 18.2 Å². The Balaban J connectivity index is 1.55. The van der Waals surface area contributed by atoms with Crippen molar-refractivity contribution < 1.29 is 4.79 Å². The van der Waals surface area contributed by atoms with Gasteiger partial charge in [0.2, 0.25) is 0 Å². The van der Waals surface area contributed by atoms with Gasteiger partial charge in [-0.15, -0.1) is 0 Å². The largest absolute Gasteiger partial charge is 0.381 e. The molecule has 5 nitrogen and oxygen atoms in total. The first-order valence-electron chi connectivity index (χ1n) is 10.1. The topological polar surface area (TPSA) is 58.1 Å². The average molecular weight is 386 g/mol. The Bertz CT molecular complexity index is 971. The summed E-state index contributed by atoms with van der Waals surface area (Å²) >= 11 is 0. The van der Waals surface area contributed by atoms with Crippen LogP contribution in [0.5, 0.6) is 0 Å². The standard InChI is InChI=1S/C24H26N4O/c1-17-20(8-5-10-21(17)27-16-18-7-6-13-25-15-18)24(29)28(2)23(19-11-12-19)22-9-3-4-14-26-22/h3-10,13-15,19,23,27H,11-12,16H2,1-2H3. The van der Waals surface area contributed by atoms with Crippen molar-refractivity contribution in [2.24, 2.45) is 5.92 Å². The third-order valence-corrected chi connectivity index (χ3v) is 5.57. The predicted molar refractivity (Wildman–Crippen MR) is 115 cm³/mol. The van der Waals surface area contributed by atoms with Crippen molar-refractivity contribution in [1.29, 1.82) is 0 Å². The number of nitrogens with zero attached hydrogens (tertiary/aromatic N) is 3. The van der Waals surface area contributed by atoms with Crippen LogP contribution in [-0.2, 0) is 6.54 Å². The number of hydrogen-bond donors (Lipinski definition) is 1. The van der Waals surface area contributed by atoms with Crippen LogP contribution in [0.4, 0.5) is 5.69 Å². The molecule has 5 heteroatoms. The SMILES string of the molecule is Cc1c(NCc2cccnc2)cccc1C(=O)N(C)C(c1ccccn1)C1CC1. The summed E-state index contributed by atoms with van der Waals surface area (Å²) in [5.41, 5.74) is 4.72. The van der Waals surface area contributed by atoms with E-state index in [0.29, 0.717) is 12.5 Å². The van der Waals surface area contributed by atoms with E-state index in [9.17, 15) is 4.79 Å². The number of anilines is 1. The summed E-state index contributed by atoms with van der Waals surface area (Å²) in [6, 6.07) is 15.8. The molecule has 148 valence electrons. The molecule has 1 aromatic carbocycles. The molecule has 2 heterocycles. The molecule has 0 radical (unpaired) electrons. The maximum Gasteiger partial charge on any atom is 0.254 e. The molecule has 1 amide bonds. The lowest BCUT2D eigenvalue weighted by molar-refractivity contribution is 0.0706. The number of nitrogens with one attached hydrogen (secondary N) is 1. The van der Waals surface area contributed by atoms with Gasteiger partial charge in [0, 0.05) is 43.4 Å². The molecule has 4 rings (SSSR count). The summed E-state index contributed by atoms with van der Waals surface area (Å²) in [6.07, 6.45) is 7.70. The number of carbonyl (C=O) groups is 1. The second kappa shape index (κ2) is 8.43. The van der Waals surface area contributed by atoms with Crippen molar-refractivity contribution in [3.8, 4) is 0 Å². The molecule has 1 N–H and O–H groups in total. The zero-order valence-electron chi connectivity index (χ0n) is 16.9.